The Hall–Kier alpha value is -2.50. The number of nitrogens with zero attached hydrogens (tertiary/aromatic N) is 3. The summed E-state index contributed by atoms with van der Waals surface area (Å²) in [5, 5.41) is 0. The maximum absolute atomic E-state index is 13.0. The predicted molar refractivity (Wildman–Crippen MR) is 78.1 cm³/mol. The number of likely N-dealkylation sites (tertiary alicyclic amines) is 1. The fourth-order valence-corrected chi connectivity index (χ4v) is 2.49. The topological polar surface area (TPSA) is 55.3 Å². The van der Waals surface area contributed by atoms with Crippen molar-refractivity contribution in [1.29, 1.82) is 0 Å². The molecule has 1 unspecified atom stereocenters. The van der Waals surface area contributed by atoms with Crippen LogP contribution in [0, 0.1) is 12.9 Å². The summed E-state index contributed by atoms with van der Waals surface area (Å²) in [4.78, 5) is 21.9. The number of ether oxygens (including phenoxy) is 1. The Morgan fingerprint density at radius 3 is 3.05 bits per heavy atom. The van der Waals surface area contributed by atoms with Gasteiger partial charge in [-0.15, -0.1) is 0 Å². The molecule has 1 fully saturated rings. The summed E-state index contributed by atoms with van der Waals surface area (Å²) < 4.78 is 18.7. The van der Waals surface area contributed by atoms with Crippen molar-refractivity contribution in [3.8, 4) is 5.88 Å². The Balaban J connectivity index is 1.65. The van der Waals surface area contributed by atoms with Gasteiger partial charge in [-0.1, -0.05) is 6.07 Å². The second kappa shape index (κ2) is 6.09. The number of amides is 1. The monoisotopic (exact) mass is 301 g/mol. The molecule has 2 aromatic rings. The van der Waals surface area contributed by atoms with Gasteiger partial charge in [0.15, 0.2) is 0 Å². The van der Waals surface area contributed by atoms with Crippen molar-refractivity contribution in [2.24, 2.45) is 0 Å². The van der Waals surface area contributed by atoms with E-state index in [9.17, 15) is 9.18 Å². The van der Waals surface area contributed by atoms with Crippen LogP contribution in [-0.4, -0.2) is 40.0 Å². The summed E-state index contributed by atoms with van der Waals surface area (Å²) in [7, 11) is 0. The largest absolute Gasteiger partial charge is 0.472 e. The van der Waals surface area contributed by atoms with Crippen molar-refractivity contribution in [1.82, 2.24) is 14.9 Å². The van der Waals surface area contributed by atoms with Gasteiger partial charge in [0.25, 0.3) is 5.91 Å². The molecule has 1 atom stereocenters. The van der Waals surface area contributed by atoms with Crippen molar-refractivity contribution in [3.05, 3.63) is 53.7 Å². The van der Waals surface area contributed by atoms with Gasteiger partial charge >= 0.3 is 0 Å². The number of rotatable bonds is 3. The average Bonchev–Trinajstić information content (AvgIpc) is 2.95. The first kappa shape index (κ1) is 14.4. The van der Waals surface area contributed by atoms with Gasteiger partial charge in [0.05, 0.1) is 12.1 Å². The number of carbonyl (C=O) groups excluding carboxylic acids is 1. The van der Waals surface area contributed by atoms with Crippen molar-refractivity contribution in [2.45, 2.75) is 19.4 Å². The maximum Gasteiger partial charge on any atom is 0.255 e. The number of hydrogen-bond acceptors (Lipinski definition) is 4. The lowest BCUT2D eigenvalue weighted by Gasteiger charge is -2.17. The van der Waals surface area contributed by atoms with Crippen molar-refractivity contribution >= 4 is 5.91 Å². The van der Waals surface area contributed by atoms with Crippen molar-refractivity contribution in [2.75, 3.05) is 13.1 Å². The predicted octanol–water partition coefficient (Wildman–Crippen LogP) is 2.22. The minimum atomic E-state index is -0.575. The molecular formula is C16H16FN3O2. The Kier molecular flexibility index (Phi) is 4.00. The lowest BCUT2D eigenvalue weighted by molar-refractivity contribution is 0.0769. The van der Waals surface area contributed by atoms with E-state index in [1.54, 1.807) is 29.4 Å². The molecule has 0 aliphatic carbocycles. The molecule has 0 bridgehead atoms. The third kappa shape index (κ3) is 3.05. The van der Waals surface area contributed by atoms with Gasteiger partial charge in [-0.2, -0.15) is 9.37 Å². The Morgan fingerprint density at radius 2 is 2.27 bits per heavy atom. The number of aryl methyl sites for hydroxylation is 1. The van der Waals surface area contributed by atoms with E-state index in [0.717, 1.165) is 5.56 Å². The molecule has 0 radical (unpaired) electrons. The highest BCUT2D eigenvalue weighted by molar-refractivity contribution is 5.95. The van der Waals surface area contributed by atoms with E-state index in [-0.39, 0.29) is 17.9 Å². The van der Waals surface area contributed by atoms with Crippen LogP contribution in [-0.2, 0) is 0 Å². The lowest BCUT2D eigenvalue weighted by Crippen LogP contribution is -2.31. The molecule has 1 saturated heterocycles. The van der Waals surface area contributed by atoms with E-state index in [2.05, 4.69) is 9.97 Å². The van der Waals surface area contributed by atoms with Crippen LogP contribution < -0.4 is 4.74 Å². The summed E-state index contributed by atoms with van der Waals surface area (Å²) in [6.45, 7) is 2.95. The Bertz CT molecular complexity index is 693. The van der Waals surface area contributed by atoms with E-state index in [0.29, 0.717) is 25.1 Å². The van der Waals surface area contributed by atoms with Crippen LogP contribution in [0.1, 0.15) is 22.3 Å². The lowest BCUT2D eigenvalue weighted by atomic mass is 10.1. The summed E-state index contributed by atoms with van der Waals surface area (Å²) in [6, 6.07) is 6.24. The molecule has 1 aliphatic heterocycles. The fraction of sp³-hybridized carbons (Fsp3) is 0.312. The number of aromatic nitrogens is 2. The number of pyridine rings is 2. The fourth-order valence-electron chi connectivity index (χ4n) is 2.49. The molecule has 6 heteroatoms. The van der Waals surface area contributed by atoms with Crippen LogP contribution in [0.5, 0.6) is 5.88 Å². The number of hydrogen-bond donors (Lipinski definition) is 0. The number of carbonyl (C=O) groups is 1. The molecule has 2 aromatic heterocycles. The Morgan fingerprint density at radius 1 is 1.41 bits per heavy atom. The summed E-state index contributed by atoms with van der Waals surface area (Å²) in [6.07, 6.45) is 3.77. The molecule has 3 rings (SSSR count). The molecule has 0 aromatic carbocycles. The normalized spacial score (nSPS) is 17.5. The zero-order valence-corrected chi connectivity index (χ0v) is 12.2. The van der Waals surface area contributed by atoms with Crippen LogP contribution in [0.25, 0.3) is 0 Å². The number of halogens is 1. The summed E-state index contributed by atoms with van der Waals surface area (Å²) in [5.74, 6) is -0.379. The van der Waals surface area contributed by atoms with E-state index in [4.69, 9.17) is 4.74 Å². The maximum atomic E-state index is 13.0. The van der Waals surface area contributed by atoms with Crippen molar-refractivity contribution in [3.63, 3.8) is 0 Å². The quantitative estimate of drug-likeness (QED) is 0.816. The first-order valence-corrected chi connectivity index (χ1v) is 7.12. The van der Waals surface area contributed by atoms with Gasteiger partial charge in [0.1, 0.15) is 6.10 Å². The van der Waals surface area contributed by atoms with Gasteiger partial charge in [0.2, 0.25) is 11.8 Å². The molecule has 5 nitrogen and oxygen atoms in total. The highest BCUT2D eigenvalue weighted by Crippen LogP contribution is 2.19. The van der Waals surface area contributed by atoms with Crippen LogP contribution in [0.15, 0.2) is 36.7 Å². The van der Waals surface area contributed by atoms with E-state index >= 15 is 0 Å². The van der Waals surface area contributed by atoms with Crippen LogP contribution in [0.4, 0.5) is 4.39 Å². The second-order valence-corrected chi connectivity index (χ2v) is 5.27. The van der Waals surface area contributed by atoms with Gasteiger partial charge < -0.3 is 9.64 Å². The molecule has 0 N–H and O–H groups in total. The first-order chi connectivity index (χ1) is 10.6. The molecule has 3 heterocycles. The third-order valence-electron chi connectivity index (χ3n) is 3.68. The third-order valence-corrected chi connectivity index (χ3v) is 3.68. The second-order valence-electron chi connectivity index (χ2n) is 5.27. The van der Waals surface area contributed by atoms with Crippen molar-refractivity contribution < 1.29 is 13.9 Å². The smallest absolute Gasteiger partial charge is 0.255 e. The zero-order chi connectivity index (χ0) is 15.5. The molecule has 1 aliphatic rings. The minimum absolute atomic E-state index is 0.0519. The van der Waals surface area contributed by atoms with Crippen LogP contribution in [0.3, 0.4) is 0 Å². The zero-order valence-electron chi connectivity index (χ0n) is 12.2. The minimum Gasteiger partial charge on any atom is -0.472 e. The molecule has 1 amide bonds. The highest BCUT2D eigenvalue weighted by atomic mass is 19.1. The van der Waals surface area contributed by atoms with Crippen LogP contribution in [0.2, 0.25) is 0 Å². The summed E-state index contributed by atoms with van der Waals surface area (Å²) >= 11 is 0. The molecule has 0 spiro atoms. The van der Waals surface area contributed by atoms with Gasteiger partial charge in [0, 0.05) is 31.4 Å². The van der Waals surface area contributed by atoms with E-state index in [1.165, 1.54) is 6.07 Å². The average molecular weight is 301 g/mol. The molecule has 22 heavy (non-hydrogen) atoms. The SMILES string of the molecule is Cc1ccncc1C(=O)N1CCC(Oc2cccc(F)n2)C1. The van der Waals surface area contributed by atoms with E-state index < -0.39 is 5.95 Å². The van der Waals surface area contributed by atoms with Gasteiger partial charge in [-0.05, 0) is 24.6 Å². The molecule has 114 valence electrons. The first-order valence-electron chi connectivity index (χ1n) is 7.12. The summed E-state index contributed by atoms with van der Waals surface area (Å²) in [5.41, 5.74) is 1.50. The molecular weight excluding hydrogens is 285 g/mol. The van der Waals surface area contributed by atoms with E-state index in [1.807, 2.05) is 13.0 Å². The standard InChI is InChI=1S/C16H16FN3O2/c1-11-5-7-18-9-13(11)16(21)20-8-6-12(10-20)22-15-4-2-3-14(17)19-15/h2-5,7,9,12H,6,8,10H2,1H3. The van der Waals surface area contributed by atoms with Gasteiger partial charge in [-0.3, -0.25) is 9.78 Å². The Labute approximate surface area is 127 Å². The van der Waals surface area contributed by atoms with Gasteiger partial charge in [-0.25, -0.2) is 0 Å². The highest BCUT2D eigenvalue weighted by Gasteiger charge is 2.29. The van der Waals surface area contributed by atoms with Crippen LogP contribution >= 0.6 is 0 Å². The molecule has 0 saturated carbocycles.